The van der Waals surface area contributed by atoms with Gasteiger partial charge in [0.25, 0.3) is 0 Å². The molecule has 0 aliphatic carbocycles. The average Bonchev–Trinajstić information content (AvgIpc) is 2.65. The Hall–Kier alpha value is -2.60. The van der Waals surface area contributed by atoms with Gasteiger partial charge in [-0.3, -0.25) is 4.79 Å². The van der Waals surface area contributed by atoms with Crippen molar-refractivity contribution in [2.75, 3.05) is 13.1 Å². The molecule has 0 spiro atoms. The van der Waals surface area contributed by atoms with Crippen LogP contribution >= 0.6 is 11.6 Å². The number of nitrogens with one attached hydrogen (secondary N) is 2. The van der Waals surface area contributed by atoms with Crippen LogP contribution in [0.2, 0.25) is 5.02 Å². The summed E-state index contributed by atoms with van der Waals surface area (Å²) in [6.45, 7) is 2.88. The van der Waals surface area contributed by atoms with Gasteiger partial charge in [0.05, 0.1) is 6.54 Å². The van der Waals surface area contributed by atoms with Crippen LogP contribution in [0.4, 0.5) is 9.18 Å². The molecule has 2 aromatic carbocycles. The van der Waals surface area contributed by atoms with Crippen molar-refractivity contribution < 1.29 is 14.0 Å². The van der Waals surface area contributed by atoms with Crippen LogP contribution in [0.5, 0.6) is 0 Å². The van der Waals surface area contributed by atoms with E-state index in [1.165, 1.54) is 12.1 Å². The van der Waals surface area contributed by atoms with Crippen molar-refractivity contribution in [3.63, 3.8) is 0 Å². The quantitative estimate of drug-likeness (QED) is 0.777. The number of nitrogens with zero attached hydrogens (tertiary/aromatic N) is 1. The summed E-state index contributed by atoms with van der Waals surface area (Å²) in [6, 6.07) is 12.7. The first kappa shape index (κ1) is 19.7. The van der Waals surface area contributed by atoms with E-state index in [4.69, 9.17) is 11.6 Å². The largest absolute Gasteiger partial charge is 0.337 e. The maximum absolute atomic E-state index is 12.8. The van der Waals surface area contributed by atoms with E-state index in [-0.39, 0.29) is 24.8 Å². The lowest BCUT2D eigenvalue weighted by Gasteiger charge is -2.22. The molecule has 0 atom stereocenters. The summed E-state index contributed by atoms with van der Waals surface area (Å²) in [7, 11) is 0. The highest BCUT2D eigenvalue weighted by Gasteiger charge is 2.14. The van der Waals surface area contributed by atoms with E-state index in [1.54, 1.807) is 23.1 Å². The fourth-order valence-electron chi connectivity index (χ4n) is 2.32. The summed E-state index contributed by atoms with van der Waals surface area (Å²) in [5.41, 5.74) is 1.62. The highest BCUT2D eigenvalue weighted by molar-refractivity contribution is 6.31. The van der Waals surface area contributed by atoms with Crippen LogP contribution in [0.25, 0.3) is 0 Å². The molecule has 0 fully saturated rings. The van der Waals surface area contributed by atoms with Gasteiger partial charge < -0.3 is 15.5 Å². The van der Waals surface area contributed by atoms with Crippen LogP contribution in [0, 0.1) is 5.82 Å². The first-order chi connectivity index (χ1) is 12.5. The van der Waals surface area contributed by atoms with E-state index in [9.17, 15) is 14.0 Å². The molecule has 26 heavy (non-hydrogen) atoms. The average molecular weight is 378 g/mol. The number of rotatable bonds is 7. The number of hydrogen-bond acceptors (Lipinski definition) is 2. The lowest BCUT2D eigenvalue weighted by atomic mass is 10.2. The van der Waals surface area contributed by atoms with Crippen molar-refractivity contribution in [1.29, 1.82) is 0 Å². The Kier molecular flexibility index (Phi) is 7.41. The third kappa shape index (κ3) is 6.04. The third-order valence-corrected chi connectivity index (χ3v) is 4.19. The molecule has 0 bridgehead atoms. The van der Waals surface area contributed by atoms with Crippen LogP contribution in [0.15, 0.2) is 48.5 Å². The number of urea groups is 1. The van der Waals surface area contributed by atoms with Crippen LogP contribution < -0.4 is 10.6 Å². The van der Waals surface area contributed by atoms with Gasteiger partial charge in [-0.25, -0.2) is 9.18 Å². The summed E-state index contributed by atoms with van der Waals surface area (Å²) in [5.74, 6) is -0.536. The Labute approximate surface area is 157 Å². The number of carbonyl (C=O) groups is 2. The van der Waals surface area contributed by atoms with Gasteiger partial charge in [-0.15, -0.1) is 0 Å². The number of carbonyl (C=O) groups excluding carboxylic acids is 2. The van der Waals surface area contributed by atoms with E-state index in [1.807, 2.05) is 25.1 Å². The lowest BCUT2D eigenvalue weighted by molar-refractivity contribution is -0.130. The molecule has 3 amide bonds. The highest BCUT2D eigenvalue weighted by Crippen LogP contribution is 2.16. The van der Waals surface area contributed by atoms with Crippen molar-refractivity contribution in [3.05, 3.63) is 70.5 Å². The van der Waals surface area contributed by atoms with E-state index >= 15 is 0 Å². The minimum absolute atomic E-state index is 0.118. The maximum atomic E-state index is 12.8. The molecule has 5 nitrogen and oxygen atoms in total. The number of amides is 3. The number of hydrogen-bond donors (Lipinski definition) is 2. The minimum atomic E-state index is -0.462. The topological polar surface area (TPSA) is 61.4 Å². The highest BCUT2D eigenvalue weighted by atomic mass is 35.5. The molecule has 138 valence electrons. The molecule has 0 saturated carbocycles. The molecule has 0 aliphatic heterocycles. The fourth-order valence-corrected chi connectivity index (χ4v) is 2.52. The molecule has 7 heteroatoms. The second-order valence-corrected chi connectivity index (χ2v) is 6.07. The molecular formula is C19H21ClFN3O2. The number of halogens is 2. The zero-order valence-corrected chi connectivity index (χ0v) is 15.2. The third-order valence-electron chi connectivity index (χ3n) is 3.82. The van der Waals surface area contributed by atoms with Gasteiger partial charge >= 0.3 is 6.03 Å². The molecule has 0 aliphatic rings. The summed E-state index contributed by atoms with van der Waals surface area (Å²) < 4.78 is 12.8. The molecule has 0 unspecified atom stereocenters. The molecule has 2 aromatic rings. The number of benzene rings is 2. The van der Waals surface area contributed by atoms with Crippen LogP contribution in [-0.2, 0) is 17.9 Å². The molecule has 2 N–H and O–H groups in total. The van der Waals surface area contributed by atoms with E-state index < -0.39 is 6.03 Å². The van der Waals surface area contributed by atoms with Crippen molar-refractivity contribution in [2.24, 2.45) is 0 Å². The van der Waals surface area contributed by atoms with E-state index in [0.717, 1.165) is 11.1 Å². The van der Waals surface area contributed by atoms with Crippen LogP contribution in [0.3, 0.4) is 0 Å². The standard InChI is InChI=1S/C19H21ClFN3O2/c1-2-24(13-15-5-3-4-6-17(15)20)18(25)12-23-19(26)22-11-14-7-9-16(21)10-8-14/h3-10H,2,11-13H2,1H3,(H2,22,23,26). The minimum Gasteiger partial charge on any atom is -0.337 e. The maximum Gasteiger partial charge on any atom is 0.315 e. The zero-order chi connectivity index (χ0) is 18.9. The molecular weight excluding hydrogens is 357 g/mol. The Balaban J connectivity index is 1.79. The Bertz CT molecular complexity index is 753. The molecule has 0 aromatic heterocycles. The summed E-state index contributed by atoms with van der Waals surface area (Å²) >= 11 is 6.13. The smallest absolute Gasteiger partial charge is 0.315 e. The van der Waals surface area contributed by atoms with Gasteiger partial charge in [-0.05, 0) is 36.2 Å². The Morgan fingerprint density at radius 2 is 1.77 bits per heavy atom. The number of likely N-dealkylation sites (N-methyl/N-ethyl adjacent to an activating group) is 1. The van der Waals surface area contributed by atoms with Crippen molar-refractivity contribution >= 4 is 23.5 Å². The van der Waals surface area contributed by atoms with Gasteiger partial charge in [-0.1, -0.05) is 41.9 Å². The molecule has 0 saturated heterocycles. The van der Waals surface area contributed by atoms with E-state index in [2.05, 4.69) is 10.6 Å². The summed E-state index contributed by atoms with van der Waals surface area (Å²) in [6.07, 6.45) is 0. The first-order valence-electron chi connectivity index (χ1n) is 8.27. The second kappa shape index (κ2) is 9.77. The van der Waals surface area contributed by atoms with E-state index in [0.29, 0.717) is 18.1 Å². The molecule has 0 radical (unpaired) electrons. The van der Waals surface area contributed by atoms with Gasteiger partial charge in [0.2, 0.25) is 5.91 Å². The van der Waals surface area contributed by atoms with Gasteiger partial charge in [-0.2, -0.15) is 0 Å². The van der Waals surface area contributed by atoms with Gasteiger partial charge in [0.15, 0.2) is 0 Å². The Morgan fingerprint density at radius 3 is 2.42 bits per heavy atom. The second-order valence-electron chi connectivity index (χ2n) is 5.66. The van der Waals surface area contributed by atoms with Crippen molar-refractivity contribution in [3.8, 4) is 0 Å². The Morgan fingerprint density at radius 1 is 1.08 bits per heavy atom. The molecule has 0 heterocycles. The fraction of sp³-hybridized carbons (Fsp3) is 0.263. The zero-order valence-electron chi connectivity index (χ0n) is 14.5. The van der Waals surface area contributed by atoms with Crippen molar-refractivity contribution in [1.82, 2.24) is 15.5 Å². The first-order valence-corrected chi connectivity index (χ1v) is 8.64. The summed E-state index contributed by atoms with van der Waals surface area (Å²) in [4.78, 5) is 25.7. The molecule has 2 rings (SSSR count). The van der Waals surface area contributed by atoms with Crippen LogP contribution in [0.1, 0.15) is 18.1 Å². The predicted molar refractivity (Wildman–Crippen MR) is 99.2 cm³/mol. The SMILES string of the molecule is CCN(Cc1ccccc1Cl)C(=O)CNC(=O)NCc1ccc(F)cc1. The van der Waals surface area contributed by atoms with Gasteiger partial charge in [0.1, 0.15) is 5.82 Å². The van der Waals surface area contributed by atoms with Crippen LogP contribution in [-0.4, -0.2) is 29.9 Å². The normalized spacial score (nSPS) is 10.3. The van der Waals surface area contributed by atoms with Crippen molar-refractivity contribution in [2.45, 2.75) is 20.0 Å². The predicted octanol–water partition coefficient (Wildman–Crippen LogP) is 3.33. The summed E-state index contributed by atoms with van der Waals surface area (Å²) in [5, 5.41) is 5.76. The lowest BCUT2D eigenvalue weighted by Crippen LogP contribution is -2.43. The van der Waals surface area contributed by atoms with Gasteiger partial charge in [0, 0.05) is 24.7 Å². The monoisotopic (exact) mass is 377 g/mol.